The summed E-state index contributed by atoms with van der Waals surface area (Å²) in [6, 6.07) is 21.2. The average Bonchev–Trinajstić information content (AvgIpc) is 2.83. The highest BCUT2D eigenvalue weighted by Gasteiger charge is 2.11. The zero-order chi connectivity index (χ0) is 23.5. The normalized spacial score (nSPS) is 10.6. The minimum absolute atomic E-state index is 0.388. The highest BCUT2D eigenvalue weighted by Crippen LogP contribution is 2.20. The molecule has 0 unspecified atom stereocenters. The monoisotopic (exact) mass is 444 g/mol. The number of carbonyl (C=O) groups is 2. The van der Waals surface area contributed by atoms with Gasteiger partial charge in [0.2, 0.25) is 0 Å². The van der Waals surface area contributed by atoms with Gasteiger partial charge >= 0.3 is 11.9 Å². The van der Waals surface area contributed by atoms with Crippen LogP contribution < -0.4 is 9.47 Å². The molecule has 0 bridgehead atoms. The fourth-order valence-corrected chi connectivity index (χ4v) is 3.51. The molecule has 0 aliphatic rings. The lowest BCUT2D eigenvalue weighted by Gasteiger charge is -2.08. The zero-order valence-electron chi connectivity index (χ0n) is 19.5. The van der Waals surface area contributed by atoms with Crippen molar-refractivity contribution in [1.29, 1.82) is 0 Å². The van der Waals surface area contributed by atoms with Gasteiger partial charge in [0.25, 0.3) is 0 Å². The summed E-state index contributed by atoms with van der Waals surface area (Å²) in [6.45, 7) is 4.19. The lowest BCUT2D eigenvalue weighted by molar-refractivity contribution is 0.0719. The summed E-state index contributed by atoms with van der Waals surface area (Å²) in [5.41, 5.74) is 3.31. The second kappa shape index (κ2) is 12.6. The molecule has 0 aliphatic carbocycles. The van der Waals surface area contributed by atoms with E-state index in [1.807, 2.05) is 43.3 Å². The predicted molar refractivity (Wildman–Crippen MR) is 131 cm³/mol. The van der Waals surface area contributed by atoms with Gasteiger partial charge in [-0.3, -0.25) is 0 Å². The lowest BCUT2D eigenvalue weighted by atomic mass is 10.0. The summed E-state index contributed by atoms with van der Waals surface area (Å²) in [7, 11) is 0. The Balaban J connectivity index is 1.47. The standard InChI is InChI=1S/C29H32O4/c1-3-4-5-6-7-8-9-23-12-16-25(17-13-23)29(31)33-27-20-18-26(19-21-27)32-28(30)24-14-10-22(2)11-15-24/h10-21H,3-9H2,1-2H3. The van der Waals surface area contributed by atoms with Gasteiger partial charge in [-0.25, -0.2) is 9.59 Å². The van der Waals surface area contributed by atoms with E-state index in [9.17, 15) is 9.59 Å². The van der Waals surface area contributed by atoms with Crippen molar-refractivity contribution in [2.24, 2.45) is 0 Å². The number of hydrogen-bond acceptors (Lipinski definition) is 4. The van der Waals surface area contributed by atoms with E-state index in [1.165, 1.54) is 44.1 Å². The van der Waals surface area contributed by atoms with E-state index in [2.05, 4.69) is 6.92 Å². The number of esters is 2. The van der Waals surface area contributed by atoms with Gasteiger partial charge in [-0.15, -0.1) is 0 Å². The van der Waals surface area contributed by atoms with Crippen LogP contribution in [0.15, 0.2) is 72.8 Å². The van der Waals surface area contributed by atoms with E-state index in [0.29, 0.717) is 22.6 Å². The Kier molecular flexibility index (Phi) is 9.25. The number of aryl methyl sites for hydroxylation is 2. The highest BCUT2D eigenvalue weighted by atomic mass is 16.5. The van der Waals surface area contributed by atoms with Gasteiger partial charge in [0.05, 0.1) is 11.1 Å². The Morgan fingerprint density at radius 2 is 1.06 bits per heavy atom. The molecule has 0 amide bonds. The molecule has 0 radical (unpaired) electrons. The summed E-state index contributed by atoms with van der Waals surface area (Å²) in [5.74, 6) is -0.0583. The number of carbonyl (C=O) groups excluding carboxylic acids is 2. The molecular weight excluding hydrogens is 412 g/mol. The van der Waals surface area contributed by atoms with Crippen molar-refractivity contribution in [3.8, 4) is 11.5 Å². The molecule has 0 aliphatic heterocycles. The zero-order valence-corrected chi connectivity index (χ0v) is 19.5. The van der Waals surface area contributed by atoms with Crippen molar-refractivity contribution >= 4 is 11.9 Å². The van der Waals surface area contributed by atoms with Crippen LogP contribution in [0.1, 0.15) is 77.3 Å². The maximum absolute atomic E-state index is 12.5. The van der Waals surface area contributed by atoms with Gasteiger partial charge in [0, 0.05) is 0 Å². The molecule has 0 heterocycles. The number of ether oxygens (including phenoxy) is 2. The van der Waals surface area contributed by atoms with Crippen molar-refractivity contribution in [2.45, 2.75) is 58.8 Å². The van der Waals surface area contributed by atoms with Crippen LogP contribution in [0.3, 0.4) is 0 Å². The smallest absolute Gasteiger partial charge is 0.343 e. The lowest BCUT2D eigenvalue weighted by Crippen LogP contribution is -2.09. The number of rotatable bonds is 11. The number of unbranched alkanes of at least 4 members (excludes halogenated alkanes) is 5. The Morgan fingerprint density at radius 1 is 0.606 bits per heavy atom. The molecule has 3 rings (SSSR count). The summed E-state index contributed by atoms with van der Waals surface area (Å²) in [6.07, 6.45) is 8.65. The van der Waals surface area contributed by atoms with E-state index in [0.717, 1.165) is 12.0 Å². The van der Waals surface area contributed by atoms with E-state index < -0.39 is 11.9 Å². The first-order valence-corrected chi connectivity index (χ1v) is 11.7. The molecule has 0 atom stereocenters. The second-order valence-corrected chi connectivity index (χ2v) is 8.33. The van der Waals surface area contributed by atoms with Gasteiger partial charge in [0.1, 0.15) is 11.5 Å². The Hall–Kier alpha value is -3.40. The fraction of sp³-hybridized carbons (Fsp3) is 0.310. The molecule has 33 heavy (non-hydrogen) atoms. The van der Waals surface area contributed by atoms with Crippen LogP contribution in [-0.2, 0) is 6.42 Å². The van der Waals surface area contributed by atoms with Crippen molar-refractivity contribution in [3.63, 3.8) is 0 Å². The van der Waals surface area contributed by atoms with Gasteiger partial charge in [-0.1, -0.05) is 68.9 Å². The van der Waals surface area contributed by atoms with E-state index in [1.54, 1.807) is 36.4 Å². The number of hydrogen-bond donors (Lipinski definition) is 0. The first-order valence-electron chi connectivity index (χ1n) is 11.7. The van der Waals surface area contributed by atoms with Crippen LogP contribution in [0, 0.1) is 6.92 Å². The summed E-state index contributed by atoms with van der Waals surface area (Å²) < 4.78 is 10.8. The molecule has 0 saturated heterocycles. The van der Waals surface area contributed by atoms with Crippen LogP contribution >= 0.6 is 0 Å². The van der Waals surface area contributed by atoms with Crippen LogP contribution in [0.4, 0.5) is 0 Å². The molecule has 4 nitrogen and oxygen atoms in total. The van der Waals surface area contributed by atoms with E-state index in [4.69, 9.17) is 9.47 Å². The third-order valence-corrected chi connectivity index (χ3v) is 5.54. The Morgan fingerprint density at radius 3 is 1.58 bits per heavy atom. The average molecular weight is 445 g/mol. The molecule has 3 aromatic rings. The molecule has 172 valence electrons. The first kappa shape index (κ1) is 24.2. The minimum atomic E-state index is -0.430. The SMILES string of the molecule is CCCCCCCCc1ccc(C(=O)Oc2ccc(OC(=O)c3ccc(C)cc3)cc2)cc1. The largest absolute Gasteiger partial charge is 0.423 e. The van der Waals surface area contributed by atoms with E-state index in [-0.39, 0.29) is 0 Å². The van der Waals surface area contributed by atoms with Gasteiger partial charge in [0.15, 0.2) is 0 Å². The summed E-state index contributed by atoms with van der Waals surface area (Å²) in [4.78, 5) is 24.7. The predicted octanol–water partition coefficient (Wildman–Crippen LogP) is 7.34. The van der Waals surface area contributed by atoms with Gasteiger partial charge in [-0.05, 0) is 73.9 Å². The molecule has 0 saturated carbocycles. The third kappa shape index (κ3) is 7.90. The maximum atomic E-state index is 12.5. The minimum Gasteiger partial charge on any atom is -0.423 e. The molecule has 3 aromatic carbocycles. The van der Waals surface area contributed by atoms with Crippen molar-refractivity contribution in [1.82, 2.24) is 0 Å². The highest BCUT2D eigenvalue weighted by molar-refractivity contribution is 5.92. The van der Waals surface area contributed by atoms with Crippen LogP contribution in [0.25, 0.3) is 0 Å². The topological polar surface area (TPSA) is 52.6 Å². The third-order valence-electron chi connectivity index (χ3n) is 5.54. The maximum Gasteiger partial charge on any atom is 0.343 e. The Bertz CT molecular complexity index is 1020. The molecule has 0 N–H and O–H groups in total. The molecule has 0 fully saturated rings. The second-order valence-electron chi connectivity index (χ2n) is 8.33. The molecule has 0 spiro atoms. The molecule has 4 heteroatoms. The van der Waals surface area contributed by atoms with Crippen LogP contribution in [0.2, 0.25) is 0 Å². The number of benzene rings is 3. The Labute approximate surface area is 196 Å². The quantitative estimate of drug-likeness (QED) is 0.176. The van der Waals surface area contributed by atoms with Gasteiger partial charge < -0.3 is 9.47 Å². The van der Waals surface area contributed by atoms with Crippen molar-refractivity contribution in [2.75, 3.05) is 0 Å². The molecule has 0 aromatic heterocycles. The van der Waals surface area contributed by atoms with Crippen LogP contribution in [0.5, 0.6) is 11.5 Å². The van der Waals surface area contributed by atoms with Gasteiger partial charge in [-0.2, -0.15) is 0 Å². The first-order chi connectivity index (χ1) is 16.0. The van der Waals surface area contributed by atoms with Crippen molar-refractivity contribution in [3.05, 3.63) is 95.1 Å². The van der Waals surface area contributed by atoms with Crippen molar-refractivity contribution < 1.29 is 19.1 Å². The van der Waals surface area contributed by atoms with E-state index >= 15 is 0 Å². The molecular formula is C29H32O4. The fourth-order valence-electron chi connectivity index (χ4n) is 3.51. The summed E-state index contributed by atoms with van der Waals surface area (Å²) in [5, 5.41) is 0. The van der Waals surface area contributed by atoms with Crippen LogP contribution in [-0.4, -0.2) is 11.9 Å². The summed E-state index contributed by atoms with van der Waals surface area (Å²) >= 11 is 0.